The summed E-state index contributed by atoms with van der Waals surface area (Å²) in [4.78, 5) is 0. The van der Waals surface area contributed by atoms with Crippen LogP contribution in [0.25, 0.3) is 11.1 Å². The van der Waals surface area contributed by atoms with Crippen LogP contribution in [0.4, 0.5) is 10.2 Å². The highest BCUT2D eigenvalue weighted by molar-refractivity contribution is 5.76. The predicted octanol–water partition coefficient (Wildman–Crippen LogP) is 3.70. The Hall–Kier alpha value is -1.84. The number of H-pyrrole nitrogens is 1. The van der Waals surface area contributed by atoms with E-state index in [2.05, 4.69) is 10.2 Å². The topological polar surface area (TPSA) is 54.7 Å². The molecule has 3 atom stereocenters. The van der Waals surface area contributed by atoms with Crippen LogP contribution >= 0.6 is 0 Å². The number of aromatic amines is 1. The zero-order valence-electron chi connectivity index (χ0n) is 11.3. The van der Waals surface area contributed by atoms with Gasteiger partial charge in [0.15, 0.2) is 5.82 Å². The minimum absolute atomic E-state index is 0.225. The average molecular weight is 271 g/mol. The summed E-state index contributed by atoms with van der Waals surface area (Å²) in [6, 6.07) is 6.53. The summed E-state index contributed by atoms with van der Waals surface area (Å²) in [7, 11) is 0. The molecule has 0 amide bonds. The molecule has 1 aromatic heterocycles. The predicted molar refractivity (Wildman–Crippen MR) is 76.6 cm³/mol. The molecule has 2 aliphatic rings. The number of hydrogen-bond donors (Lipinski definition) is 2. The van der Waals surface area contributed by atoms with Crippen LogP contribution in [0.1, 0.15) is 37.3 Å². The largest absolute Gasteiger partial charge is 0.382 e. The summed E-state index contributed by atoms with van der Waals surface area (Å²) in [6.07, 6.45) is 5.26. The number of nitrogens with zero attached hydrogens (tertiary/aromatic N) is 1. The first-order chi connectivity index (χ1) is 9.72. The molecule has 2 aliphatic carbocycles. The molecule has 2 bridgehead atoms. The molecule has 0 spiro atoms. The van der Waals surface area contributed by atoms with Gasteiger partial charge in [-0.1, -0.05) is 18.6 Å². The Kier molecular flexibility index (Phi) is 2.59. The van der Waals surface area contributed by atoms with E-state index >= 15 is 0 Å². The third kappa shape index (κ3) is 1.74. The summed E-state index contributed by atoms with van der Waals surface area (Å²) in [5.74, 6) is 2.47. The van der Waals surface area contributed by atoms with Gasteiger partial charge in [0.1, 0.15) is 5.82 Å². The fourth-order valence-corrected chi connectivity index (χ4v) is 4.16. The summed E-state index contributed by atoms with van der Waals surface area (Å²) in [5, 5.41) is 7.35. The monoisotopic (exact) mass is 271 g/mol. The van der Waals surface area contributed by atoms with Gasteiger partial charge in [0.05, 0.1) is 0 Å². The van der Waals surface area contributed by atoms with E-state index in [1.54, 1.807) is 12.1 Å². The van der Waals surface area contributed by atoms with Crippen molar-refractivity contribution < 1.29 is 4.39 Å². The van der Waals surface area contributed by atoms with Crippen LogP contribution in [-0.2, 0) is 0 Å². The van der Waals surface area contributed by atoms with Gasteiger partial charge in [0.2, 0.25) is 0 Å². The zero-order chi connectivity index (χ0) is 13.7. The van der Waals surface area contributed by atoms with E-state index < -0.39 is 0 Å². The molecule has 3 nitrogen and oxygen atoms in total. The van der Waals surface area contributed by atoms with Crippen molar-refractivity contribution in [3.05, 3.63) is 35.8 Å². The summed E-state index contributed by atoms with van der Waals surface area (Å²) in [5.41, 5.74) is 9.12. The summed E-state index contributed by atoms with van der Waals surface area (Å²) < 4.78 is 13.1. The summed E-state index contributed by atoms with van der Waals surface area (Å²) in [6.45, 7) is 0. The fraction of sp³-hybridized carbons (Fsp3) is 0.438. The van der Waals surface area contributed by atoms with E-state index in [-0.39, 0.29) is 5.82 Å². The van der Waals surface area contributed by atoms with Gasteiger partial charge in [0.25, 0.3) is 0 Å². The third-order valence-corrected chi connectivity index (χ3v) is 5.06. The molecule has 2 saturated carbocycles. The molecule has 0 aliphatic heterocycles. The van der Waals surface area contributed by atoms with Crippen LogP contribution < -0.4 is 5.73 Å². The second kappa shape index (κ2) is 4.33. The van der Waals surface area contributed by atoms with Crippen molar-refractivity contribution in [2.24, 2.45) is 11.8 Å². The number of aromatic nitrogens is 2. The molecule has 1 aromatic carbocycles. The number of hydrogen-bond acceptors (Lipinski definition) is 2. The lowest BCUT2D eigenvalue weighted by atomic mass is 9.84. The van der Waals surface area contributed by atoms with Gasteiger partial charge in [-0.2, -0.15) is 5.10 Å². The van der Waals surface area contributed by atoms with E-state index in [1.165, 1.54) is 37.8 Å². The number of nitrogen functional groups attached to an aromatic ring is 1. The Morgan fingerprint density at radius 3 is 2.60 bits per heavy atom. The van der Waals surface area contributed by atoms with Gasteiger partial charge >= 0.3 is 0 Å². The van der Waals surface area contributed by atoms with Crippen LogP contribution in [-0.4, -0.2) is 10.2 Å². The number of benzene rings is 1. The maximum atomic E-state index is 13.1. The number of anilines is 1. The maximum Gasteiger partial charge on any atom is 0.153 e. The van der Waals surface area contributed by atoms with Crippen molar-refractivity contribution in [3.63, 3.8) is 0 Å². The maximum absolute atomic E-state index is 13.1. The highest BCUT2D eigenvalue weighted by atomic mass is 19.1. The molecular formula is C16H18FN3. The van der Waals surface area contributed by atoms with Crippen molar-refractivity contribution in [2.45, 2.75) is 31.6 Å². The Morgan fingerprint density at radius 1 is 1.15 bits per heavy atom. The number of rotatable bonds is 2. The molecule has 0 saturated heterocycles. The lowest BCUT2D eigenvalue weighted by Crippen LogP contribution is -2.10. The zero-order valence-corrected chi connectivity index (χ0v) is 11.3. The standard InChI is InChI=1S/C16H18FN3/c17-12-5-3-10(4-6-12)14-15(19-20-16(14)18)13-8-9-1-2-11(13)7-9/h3-6,9,11,13H,1-2,7-8H2,(H3,18,19,20). The first-order valence-corrected chi connectivity index (χ1v) is 7.32. The van der Waals surface area contributed by atoms with E-state index in [0.717, 1.165) is 28.7 Å². The Bertz CT molecular complexity index is 632. The molecule has 104 valence electrons. The highest BCUT2D eigenvalue weighted by Gasteiger charge is 2.42. The molecule has 1 heterocycles. The van der Waals surface area contributed by atoms with E-state index in [9.17, 15) is 4.39 Å². The van der Waals surface area contributed by atoms with Gasteiger partial charge in [0, 0.05) is 17.2 Å². The van der Waals surface area contributed by atoms with Crippen molar-refractivity contribution in [1.29, 1.82) is 0 Å². The molecule has 2 fully saturated rings. The summed E-state index contributed by atoms with van der Waals surface area (Å²) >= 11 is 0. The molecule has 0 radical (unpaired) electrons. The number of fused-ring (bicyclic) bond motifs is 2. The van der Waals surface area contributed by atoms with Gasteiger partial charge in [-0.3, -0.25) is 5.10 Å². The molecule has 4 rings (SSSR count). The van der Waals surface area contributed by atoms with Crippen LogP contribution in [0.5, 0.6) is 0 Å². The number of nitrogens with two attached hydrogens (primary N) is 1. The van der Waals surface area contributed by atoms with Crippen LogP contribution in [0.3, 0.4) is 0 Å². The van der Waals surface area contributed by atoms with Gasteiger partial charge in [-0.15, -0.1) is 0 Å². The second-order valence-electron chi connectivity index (χ2n) is 6.19. The minimum Gasteiger partial charge on any atom is -0.382 e. The molecule has 4 heteroatoms. The number of nitrogens with one attached hydrogen (secondary N) is 1. The van der Waals surface area contributed by atoms with Gasteiger partial charge in [-0.05, 0) is 48.8 Å². The Morgan fingerprint density at radius 2 is 1.95 bits per heavy atom. The van der Waals surface area contributed by atoms with Crippen molar-refractivity contribution in [3.8, 4) is 11.1 Å². The van der Waals surface area contributed by atoms with E-state index in [1.807, 2.05) is 0 Å². The van der Waals surface area contributed by atoms with Gasteiger partial charge < -0.3 is 5.73 Å². The smallest absolute Gasteiger partial charge is 0.153 e. The van der Waals surface area contributed by atoms with Crippen LogP contribution in [0.15, 0.2) is 24.3 Å². The molecule has 2 aromatic rings. The van der Waals surface area contributed by atoms with Crippen molar-refractivity contribution in [1.82, 2.24) is 10.2 Å². The average Bonchev–Trinajstić information content (AvgIpc) is 3.14. The third-order valence-electron chi connectivity index (χ3n) is 5.06. The van der Waals surface area contributed by atoms with Crippen molar-refractivity contribution in [2.75, 3.05) is 5.73 Å². The molecular weight excluding hydrogens is 253 g/mol. The van der Waals surface area contributed by atoms with Gasteiger partial charge in [-0.25, -0.2) is 4.39 Å². The highest BCUT2D eigenvalue weighted by Crippen LogP contribution is 2.54. The Labute approximate surface area is 117 Å². The first-order valence-electron chi connectivity index (χ1n) is 7.32. The number of halogens is 1. The lowest BCUT2D eigenvalue weighted by Gasteiger charge is -2.21. The quantitative estimate of drug-likeness (QED) is 0.875. The van der Waals surface area contributed by atoms with Crippen LogP contribution in [0.2, 0.25) is 0 Å². The van der Waals surface area contributed by atoms with E-state index in [4.69, 9.17) is 5.73 Å². The minimum atomic E-state index is -0.225. The van der Waals surface area contributed by atoms with Crippen molar-refractivity contribution >= 4 is 5.82 Å². The Balaban J connectivity index is 1.76. The lowest BCUT2D eigenvalue weighted by molar-refractivity contribution is 0.413. The van der Waals surface area contributed by atoms with E-state index in [0.29, 0.717) is 11.7 Å². The molecule has 3 unspecified atom stereocenters. The normalized spacial score (nSPS) is 28.1. The second-order valence-corrected chi connectivity index (χ2v) is 6.19. The fourth-order valence-electron chi connectivity index (χ4n) is 4.16. The first kappa shape index (κ1) is 11.9. The molecule has 20 heavy (non-hydrogen) atoms. The molecule has 3 N–H and O–H groups in total. The SMILES string of the molecule is Nc1n[nH]c(C2CC3CCC2C3)c1-c1ccc(F)cc1. The van der Waals surface area contributed by atoms with Crippen LogP contribution in [0, 0.1) is 17.7 Å².